The number of nitrogens with one attached hydrogen (secondary N) is 1. The van der Waals surface area contributed by atoms with Gasteiger partial charge < -0.3 is 14.6 Å². The molecule has 9 rings (SSSR count). The molecule has 6 nitrogen and oxygen atoms in total. The summed E-state index contributed by atoms with van der Waals surface area (Å²) in [6, 6.07) is 9.14. The average Bonchev–Trinajstić information content (AvgIpc) is 3.96. The quantitative estimate of drug-likeness (QED) is 0.214. The smallest absolute Gasteiger partial charge is 0.145 e. The number of aromatic nitrogens is 3. The molecule has 3 heterocycles. The Bertz CT molecular complexity index is 1700. The van der Waals surface area contributed by atoms with E-state index >= 15 is 0 Å². The standard InChI is InChI=1S/C34H32Cl2N4O2/c35-27-18-37-19-28(36)29(27)30-26(31(42-40-30)23-3-4-23)20-41-34-13-10-33(11-14-34,12-15-34)9-7-21-1-2-22-8-16-38-32(25(22)17-21)39-24-5-6-24/h1-2,8,16-19,23-24H,3-6,10-15,20H2,(H,38,39). The minimum Gasteiger partial charge on any atom is -0.370 e. The molecule has 0 saturated heterocycles. The molecule has 8 heteroatoms. The fourth-order valence-electron chi connectivity index (χ4n) is 6.73. The Morgan fingerprint density at radius 2 is 1.74 bits per heavy atom. The maximum atomic E-state index is 6.80. The Hall–Kier alpha value is -3.11. The third-order valence-corrected chi connectivity index (χ3v) is 10.3. The first-order valence-corrected chi connectivity index (χ1v) is 15.9. The predicted molar refractivity (Wildman–Crippen MR) is 165 cm³/mol. The van der Waals surface area contributed by atoms with Gasteiger partial charge in [-0.3, -0.25) is 4.98 Å². The minimum atomic E-state index is -0.136. The molecule has 4 aromatic rings. The van der Waals surface area contributed by atoms with Crippen LogP contribution in [0.1, 0.15) is 87.0 Å². The van der Waals surface area contributed by atoms with Gasteiger partial charge in [0, 0.05) is 58.0 Å². The monoisotopic (exact) mass is 598 g/mol. The molecule has 0 atom stereocenters. The Morgan fingerprint density at radius 1 is 0.976 bits per heavy atom. The summed E-state index contributed by atoms with van der Waals surface area (Å²) in [5.74, 6) is 9.57. The van der Waals surface area contributed by atoms with Gasteiger partial charge in [-0.1, -0.05) is 46.3 Å². The molecule has 0 spiro atoms. The summed E-state index contributed by atoms with van der Waals surface area (Å²) >= 11 is 13.0. The molecule has 0 unspecified atom stereocenters. The third-order valence-electron chi connectivity index (χ3n) is 9.71. The fourth-order valence-corrected chi connectivity index (χ4v) is 7.27. The average molecular weight is 600 g/mol. The van der Waals surface area contributed by atoms with E-state index in [1.54, 1.807) is 12.4 Å². The van der Waals surface area contributed by atoms with Gasteiger partial charge >= 0.3 is 0 Å². The summed E-state index contributed by atoms with van der Waals surface area (Å²) in [7, 11) is 0. The Kier molecular flexibility index (Phi) is 6.48. The van der Waals surface area contributed by atoms with E-state index in [4.69, 9.17) is 32.5 Å². The molecule has 42 heavy (non-hydrogen) atoms. The number of fused-ring (bicyclic) bond motifs is 4. The molecular weight excluding hydrogens is 567 g/mol. The van der Waals surface area contributed by atoms with Gasteiger partial charge in [-0.2, -0.15) is 0 Å². The Balaban J connectivity index is 0.989. The molecular formula is C34H32Cl2N4O2. The topological polar surface area (TPSA) is 73.1 Å². The predicted octanol–water partition coefficient (Wildman–Crippen LogP) is 8.70. The van der Waals surface area contributed by atoms with Crippen LogP contribution >= 0.6 is 23.2 Å². The van der Waals surface area contributed by atoms with Crippen molar-refractivity contribution in [2.75, 3.05) is 5.32 Å². The zero-order chi connectivity index (χ0) is 28.3. The maximum absolute atomic E-state index is 6.80. The highest BCUT2D eigenvalue weighted by Crippen LogP contribution is 2.54. The number of ether oxygens (including phenoxy) is 1. The number of hydrogen-bond donors (Lipinski definition) is 1. The lowest BCUT2D eigenvalue weighted by Gasteiger charge is -2.51. The van der Waals surface area contributed by atoms with E-state index in [-0.39, 0.29) is 11.0 Å². The van der Waals surface area contributed by atoms with E-state index in [0.29, 0.717) is 39.9 Å². The van der Waals surface area contributed by atoms with Crippen molar-refractivity contribution in [2.24, 2.45) is 5.41 Å². The van der Waals surface area contributed by atoms with Crippen LogP contribution in [0.25, 0.3) is 22.0 Å². The molecule has 0 radical (unpaired) electrons. The van der Waals surface area contributed by atoms with Gasteiger partial charge in [0.15, 0.2) is 0 Å². The van der Waals surface area contributed by atoms with Gasteiger partial charge in [-0.15, -0.1) is 0 Å². The van der Waals surface area contributed by atoms with E-state index in [1.807, 2.05) is 6.20 Å². The van der Waals surface area contributed by atoms with Crippen LogP contribution in [-0.2, 0) is 11.3 Å². The van der Waals surface area contributed by atoms with Gasteiger partial charge in [-0.05, 0) is 87.8 Å². The second-order valence-corrected chi connectivity index (χ2v) is 13.5. The summed E-state index contributed by atoms with van der Waals surface area (Å²) in [5, 5.41) is 11.3. The van der Waals surface area contributed by atoms with Crippen molar-refractivity contribution in [3.63, 3.8) is 0 Å². The van der Waals surface area contributed by atoms with Gasteiger partial charge in [0.2, 0.25) is 0 Å². The second-order valence-electron chi connectivity index (χ2n) is 12.6. The van der Waals surface area contributed by atoms with E-state index < -0.39 is 0 Å². The SMILES string of the molecule is Clc1cncc(Cl)c1-c1noc(C2CC2)c1COC12CCC(C#Cc3ccc4ccnc(NC5CC5)c4c3)(CC1)CC2. The Morgan fingerprint density at radius 3 is 2.45 bits per heavy atom. The molecule has 3 aromatic heterocycles. The lowest BCUT2D eigenvalue weighted by atomic mass is 9.59. The van der Waals surface area contributed by atoms with E-state index in [0.717, 1.165) is 79.5 Å². The van der Waals surface area contributed by atoms with Gasteiger partial charge in [0.1, 0.15) is 17.3 Å². The van der Waals surface area contributed by atoms with Crippen molar-refractivity contribution in [3.8, 4) is 23.1 Å². The van der Waals surface area contributed by atoms with Crippen molar-refractivity contribution < 1.29 is 9.26 Å². The van der Waals surface area contributed by atoms with Crippen LogP contribution in [0, 0.1) is 17.3 Å². The zero-order valence-electron chi connectivity index (χ0n) is 23.4. The number of benzene rings is 1. The van der Waals surface area contributed by atoms with Crippen LogP contribution in [0.4, 0.5) is 5.82 Å². The molecule has 214 valence electrons. The molecule has 0 amide bonds. The molecule has 5 fully saturated rings. The second kappa shape index (κ2) is 10.3. The summed E-state index contributed by atoms with van der Waals surface area (Å²) in [6.07, 6.45) is 15.9. The number of halogens is 2. The van der Waals surface area contributed by atoms with Crippen LogP contribution in [0.3, 0.4) is 0 Å². The lowest BCUT2D eigenvalue weighted by Crippen LogP contribution is -2.47. The molecule has 1 N–H and O–H groups in total. The van der Waals surface area contributed by atoms with Crippen molar-refractivity contribution in [1.29, 1.82) is 0 Å². The molecule has 5 aliphatic carbocycles. The van der Waals surface area contributed by atoms with Crippen LogP contribution < -0.4 is 5.32 Å². The first kappa shape index (κ1) is 26.5. The number of rotatable bonds is 7. The normalized spacial score (nSPS) is 24.9. The highest BCUT2D eigenvalue weighted by atomic mass is 35.5. The Labute approximate surface area is 255 Å². The summed E-state index contributed by atoms with van der Waals surface area (Å²) in [6.45, 7) is 0.445. The van der Waals surface area contributed by atoms with Gasteiger partial charge in [0.05, 0.1) is 22.3 Å². The van der Waals surface area contributed by atoms with Crippen LogP contribution in [0.2, 0.25) is 10.0 Å². The first-order chi connectivity index (χ1) is 20.5. The van der Waals surface area contributed by atoms with Crippen molar-refractivity contribution in [1.82, 2.24) is 15.1 Å². The zero-order valence-corrected chi connectivity index (χ0v) is 24.9. The summed E-state index contributed by atoms with van der Waals surface area (Å²) < 4.78 is 12.7. The summed E-state index contributed by atoms with van der Waals surface area (Å²) in [5.41, 5.74) is 3.31. The molecule has 0 aliphatic heterocycles. The van der Waals surface area contributed by atoms with Crippen molar-refractivity contribution in [2.45, 2.75) is 88.4 Å². The summed E-state index contributed by atoms with van der Waals surface area (Å²) in [4.78, 5) is 8.71. The molecule has 1 aromatic carbocycles. The van der Waals surface area contributed by atoms with Gasteiger partial charge in [0.25, 0.3) is 0 Å². The number of hydrogen-bond acceptors (Lipinski definition) is 6. The minimum absolute atomic E-state index is 0.0592. The number of pyridine rings is 2. The highest BCUT2D eigenvalue weighted by Gasteiger charge is 2.49. The molecule has 5 saturated carbocycles. The maximum Gasteiger partial charge on any atom is 0.145 e. The largest absolute Gasteiger partial charge is 0.370 e. The number of nitrogens with zero attached hydrogens (tertiary/aromatic N) is 3. The lowest BCUT2D eigenvalue weighted by molar-refractivity contribution is -0.131. The van der Waals surface area contributed by atoms with Crippen LogP contribution in [-0.4, -0.2) is 26.8 Å². The van der Waals surface area contributed by atoms with E-state index in [2.05, 4.69) is 56.5 Å². The first-order valence-electron chi connectivity index (χ1n) is 15.1. The van der Waals surface area contributed by atoms with E-state index in [1.165, 1.54) is 18.2 Å². The van der Waals surface area contributed by atoms with Crippen LogP contribution in [0.15, 0.2) is 47.4 Å². The molecule has 5 aliphatic rings. The third kappa shape index (κ3) is 4.96. The fraction of sp³-hybridized carbons (Fsp3) is 0.441. The number of anilines is 1. The highest BCUT2D eigenvalue weighted by molar-refractivity contribution is 6.38. The van der Waals surface area contributed by atoms with Gasteiger partial charge in [-0.25, -0.2) is 4.98 Å². The van der Waals surface area contributed by atoms with Crippen molar-refractivity contribution in [3.05, 3.63) is 69.8 Å². The van der Waals surface area contributed by atoms with Crippen molar-refractivity contribution >= 4 is 39.8 Å². The molecule has 2 bridgehead atoms. The van der Waals surface area contributed by atoms with E-state index in [9.17, 15) is 0 Å². The van der Waals surface area contributed by atoms with Crippen LogP contribution in [0.5, 0.6) is 0 Å².